The minimum absolute atomic E-state index is 0.0205. The Kier molecular flexibility index (Phi) is 3.33. The second kappa shape index (κ2) is 5.50. The molecule has 1 aliphatic heterocycles. The van der Waals surface area contributed by atoms with Crippen LogP contribution < -0.4 is 0 Å². The molecule has 23 heavy (non-hydrogen) atoms. The van der Waals surface area contributed by atoms with Crippen LogP contribution in [0.2, 0.25) is 0 Å². The molecule has 0 unspecified atom stereocenters. The average Bonchev–Trinajstić information content (AvgIpc) is 3.23. The molecule has 3 heterocycles. The molecule has 0 bridgehead atoms. The Labute approximate surface area is 134 Å². The van der Waals surface area contributed by atoms with E-state index in [-0.39, 0.29) is 5.91 Å². The molecule has 0 atom stereocenters. The molecule has 1 amide bonds. The number of nitrogens with one attached hydrogen (secondary N) is 1. The lowest BCUT2D eigenvalue weighted by molar-refractivity contribution is 0.0786. The van der Waals surface area contributed by atoms with E-state index in [1.165, 1.54) is 5.56 Å². The van der Waals surface area contributed by atoms with Crippen LogP contribution in [-0.4, -0.2) is 38.8 Å². The van der Waals surface area contributed by atoms with Gasteiger partial charge >= 0.3 is 0 Å². The van der Waals surface area contributed by atoms with Gasteiger partial charge in [-0.2, -0.15) is 0 Å². The number of likely N-dealkylation sites (tertiary alicyclic amines) is 1. The second-order valence-corrected chi connectivity index (χ2v) is 6.04. The van der Waals surface area contributed by atoms with Crippen LogP contribution in [0.25, 0.3) is 22.2 Å². The van der Waals surface area contributed by atoms with Gasteiger partial charge in [-0.1, -0.05) is 11.6 Å². The molecule has 5 nitrogen and oxygen atoms in total. The number of aromatic nitrogens is 3. The molecule has 0 aliphatic carbocycles. The number of rotatable bonds is 2. The number of carbonyl (C=O) groups excluding carboxylic acids is 1. The number of benzene rings is 1. The quantitative estimate of drug-likeness (QED) is 0.791. The smallest absolute Gasteiger partial charge is 0.274 e. The van der Waals surface area contributed by atoms with Crippen molar-refractivity contribution < 1.29 is 4.79 Å². The van der Waals surface area contributed by atoms with E-state index in [1.54, 1.807) is 12.4 Å². The van der Waals surface area contributed by atoms with Crippen molar-refractivity contribution >= 4 is 16.8 Å². The molecule has 4 rings (SSSR count). The fraction of sp³-hybridized carbons (Fsp3) is 0.278. The third-order valence-electron chi connectivity index (χ3n) is 4.36. The molecule has 0 radical (unpaired) electrons. The highest BCUT2D eigenvalue weighted by Crippen LogP contribution is 2.28. The Hall–Kier alpha value is -2.69. The van der Waals surface area contributed by atoms with E-state index in [0.29, 0.717) is 5.69 Å². The summed E-state index contributed by atoms with van der Waals surface area (Å²) in [6.45, 7) is 3.70. The van der Waals surface area contributed by atoms with Gasteiger partial charge in [-0.25, -0.2) is 4.98 Å². The standard InChI is InChI=1S/C18H18N4O/c1-12-4-5-15-13(8-12)14(9-20-15)16-10-19-11-17(21-16)18(23)22-6-2-3-7-22/h4-5,8-11,20H,2-3,6-7H2,1H3. The lowest BCUT2D eigenvalue weighted by atomic mass is 10.1. The Bertz CT molecular complexity index is 878. The van der Waals surface area contributed by atoms with Gasteiger partial charge in [-0.3, -0.25) is 9.78 Å². The Balaban J connectivity index is 1.75. The van der Waals surface area contributed by atoms with E-state index in [4.69, 9.17) is 0 Å². The van der Waals surface area contributed by atoms with E-state index in [1.807, 2.05) is 11.1 Å². The summed E-state index contributed by atoms with van der Waals surface area (Å²) in [6, 6.07) is 6.25. The van der Waals surface area contributed by atoms with Crippen LogP contribution in [0, 0.1) is 6.92 Å². The van der Waals surface area contributed by atoms with Crippen LogP contribution in [-0.2, 0) is 0 Å². The Morgan fingerprint density at radius 1 is 1.22 bits per heavy atom. The van der Waals surface area contributed by atoms with Crippen LogP contribution in [0.15, 0.2) is 36.8 Å². The Morgan fingerprint density at radius 3 is 2.87 bits per heavy atom. The summed E-state index contributed by atoms with van der Waals surface area (Å²) < 4.78 is 0. The van der Waals surface area contributed by atoms with Crippen LogP contribution in [0.3, 0.4) is 0 Å². The van der Waals surface area contributed by atoms with Gasteiger partial charge in [0.1, 0.15) is 5.69 Å². The van der Waals surface area contributed by atoms with E-state index in [0.717, 1.165) is 48.1 Å². The molecule has 1 aromatic carbocycles. The second-order valence-electron chi connectivity index (χ2n) is 6.04. The van der Waals surface area contributed by atoms with Crippen LogP contribution >= 0.6 is 0 Å². The molecule has 0 saturated carbocycles. The summed E-state index contributed by atoms with van der Waals surface area (Å²) in [7, 11) is 0. The normalized spacial score (nSPS) is 14.6. The molecule has 0 spiro atoms. The monoisotopic (exact) mass is 306 g/mol. The first-order valence-corrected chi connectivity index (χ1v) is 7.92. The van der Waals surface area contributed by atoms with Gasteiger partial charge in [0.05, 0.1) is 18.1 Å². The third kappa shape index (κ3) is 2.48. The van der Waals surface area contributed by atoms with E-state index in [2.05, 4.69) is 40.1 Å². The number of hydrogen-bond acceptors (Lipinski definition) is 3. The number of H-pyrrole nitrogens is 1. The molecular weight excluding hydrogens is 288 g/mol. The minimum atomic E-state index is -0.0205. The van der Waals surface area contributed by atoms with Gasteiger partial charge in [0.15, 0.2) is 0 Å². The topological polar surface area (TPSA) is 61.9 Å². The number of fused-ring (bicyclic) bond motifs is 1. The number of hydrogen-bond donors (Lipinski definition) is 1. The minimum Gasteiger partial charge on any atom is -0.360 e. The Morgan fingerprint density at radius 2 is 2.04 bits per heavy atom. The lowest BCUT2D eigenvalue weighted by Crippen LogP contribution is -2.28. The first-order valence-electron chi connectivity index (χ1n) is 7.92. The summed E-state index contributed by atoms with van der Waals surface area (Å²) in [5, 5.41) is 1.10. The number of aryl methyl sites for hydroxylation is 1. The number of nitrogens with zero attached hydrogens (tertiary/aromatic N) is 3. The SMILES string of the molecule is Cc1ccc2[nH]cc(-c3cncc(C(=O)N4CCCC4)n3)c2c1. The average molecular weight is 306 g/mol. The van der Waals surface area contributed by atoms with Gasteiger partial charge in [0.25, 0.3) is 5.91 Å². The van der Waals surface area contributed by atoms with Crippen molar-refractivity contribution in [2.45, 2.75) is 19.8 Å². The van der Waals surface area contributed by atoms with Gasteiger partial charge in [-0.05, 0) is 31.9 Å². The van der Waals surface area contributed by atoms with Crippen molar-refractivity contribution in [1.82, 2.24) is 19.9 Å². The molecule has 1 N–H and O–H groups in total. The maximum absolute atomic E-state index is 12.5. The predicted molar refractivity (Wildman–Crippen MR) is 89.2 cm³/mol. The molecule has 1 saturated heterocycles. The van der Waals surface area contributed by atoms with Crippen LogP contribution in [0.4, 0.5) is 0 Å². The maximum Gasteiger partial charge on any atom is 0.274 e. The van der Waals surface area contributed by atoms with Crippen molar-refractivity contribution in [2.24, 2.45) is 0 Å². The van der Waals surface area contributed by atoms with Crippen molar-refractivity contribution in [2.75, 3.05) is 13.1 Å². The highest BCUT2D eigenvalue weighted by Gasteiger charge is 2.21. The number of amides is 1. The maximum atomic E-state index is 12.5. The molecule has 116 valence electrons. The highest BCUT2D eigenvalue weighted by molar-refractivity contribution is 5.96. The molecule has 1 aliphatic rings. The fourth-order valence-electron chi connectivity index (χ4n) is 3.13. The predicted octanol–water partition coefficient (Wildman–Crippen LogP) is 3.17. The summed E-state index contributed by atoms with van der Waals surface area (Å²) in [5.41, 5.74) is 4.38. The van der Waals surface area contributed by atoms with E-state index >= 15 is 0 Å². The van der Waals surface area contributed by atoms with Gasteiger partial charge in [0, 0.05) is 35.8 Å². The summed E-state index contributed by atoms with van der Waals surface area (Å²) >= 11 is 0. The zero-order valence-electron chi connectivity index (χ0n) is 13.0. The largest absolute Gasteiger partial charge is 0.360 e. The van der Waals surface area contributed by atoms with Crippen molar-refractivity contribution in [3.63, 3.8) is 0 Å². The molecule has 1 fully saturated rings. The summed E-state index contributed by atoms with van der Waals surface area (Å²) in [6.07, 6.45) is 7.34. The van der Waals surface area contributed by atoms with Gasteiger partial charge < -0.3 is 9.88 Å². The molecule has 5 heteroatoms. The third-order valence-corrected chi connectivity index (χ3v) is 4.36. The van der Waals surface area contributed by atoms with Crippen LogP contribution in [0.1, 0.15) is 28.9 Å². The van der Waals surface area contributed by atoms with Crippen molar-refractivity contribution in [1.29, 1.82) is 0 Å². The first kappa shape index (κ1) is 13.9. The summed E-state index contributed by atoms with van der Waals surface area (Å²) in [4.78, 5) is 26.4. The summed E-state index contributed by atoms with van der Waals surface area (Å²) in [5.74, 6) is -0.0205. The first-order chi connectivity index (χ1) is 11.2. The van der Waals surface area contributed by atoms with Gasteiger partial charge in [0.2, 0.25) is 0 Å². The molecular formula is C18H18N4O. The van der Waals surface area contributed by atoms with Crippen molar-refractivity contribution in [3.05, 3.63) is 48.0 Å². The number of aromatic amines is 1. The van der Waals surface area contributed by atoms with Crippen molar-refractivity contribution in [3.8, 4) is 11.3 Å². The van der Waals surface area contributed by atoms with Gasteiger partial charge in [-0.15, -0.1) is 0 Å². The van der Waals surface area contributed by atoms with Crippen LogP contribution in [0.5, 0.6) is 0 Å². The highest BCUT2D eigenvalue weighted by atomic mass is 16.2. The molecule has 3 aromatic rings. The zero-order chi connectivity index (χ0) is 15.8. The fourth-order valence-corrected chi connectivity index (χ4v) is 3.13. The zero-order valence-corrected chi connectivity index (χ0v) is 13.0. The van der Waals surface area contributed by atoms with E-state index in [9.17, 15) is 4.79 Å². The molecule has 2 aromatic heterocycles. The number of carbonyl (C=O) groups is 1. The van der Waals surface area contributed by atoms with E-state index < -0.39 is 0 Å². The lowest BCUT2D eigenvalue weighted by Gasteiger charge is -2.14.